The van der Waals surface area contributed by atoms with E-state index < -0.39 is 7.25 Å². The third-order valence-corrected chi connectivity index (χ3v) is 4.63. The van der Waals surface area contributed by atoms with Crippen molar-refractivity contribution in [2.45, 2.75) is 52.4 Å². The molecule has 1 aromatic heterocycles. The monoisotopic (exact) mass is 425 g/mol. The van der Waals surface area contributed by atoms with Crippen LogP contribution >= 0.6 is 0 Å². The minimum absolute atomic E-state index is 0.00903. The Bertz CT molecular complexity index is 991. The van der Waals surface area contributed by atoms with E-state index in [9.17, 15) is 17.3 Å². The number of halogens is 4. The predicted octanol–water partition coefficient (Wildman–Crippen LogP) is 6.61. The first-order valence-electron chi connectivity index (χ1n) is 9.61. The topological polar surface area (TPSA) is 26.2 Å². The van der Waals surface area contributed by atoms with Gasteiger partial charge in [0.2, 0.25) is 11.3 Å². The fraction of sp³-hybridized carbons (Fsp3) is 0.409. The molecule has 0 atom stereocenters. The molecule has 0 fully saturated rings. The van der Waals surface area contributed by atoms with Gasteiger partial charge >= 0.3 is 13.6 Å². The number of methoxy groups -OCH3 is 1. The molecule has 1 heterocycles. The summed E-state index contributed by atoms with van der Waals surface area (Å²) in [6, 6.07) is 12.6. The molecule has 0 radical (unpaired) electrons. The first-order valence-corrected chi connectivity index (χ1v) is 9.61. The van der Waals surface area contributed by atoms with Crippen LogP contribution in [-0.4, -0.2) is 14.4 Å². The molecule has 164 valence electrons. The van der Waals surface area contributed by atoms with E-state index >= 15 is 0 Å². The van der Waals surface area contributed by atoms with Crippen LogP contribution in [0.25, 0.3) is 16.8 Å². The first kappa shape index (κ1) is 23.8. The van der Waals surface area contributed by atoms with Crippen molar-refractivity contribution < 1.29 is 31.0 Å². The lowest BCUT2D eigenvalue weighted by atomic mass is 9.80. The van der Waals surface area contributed by atoms with Crippen LogP contribution in [0.2, 0.25) is 0 Å². The lowest BCUT2D eigenvalue weighted by molar-refractivity contribution is -0.573. The highest BCUT2D eigenvalue weighted by Gasteiger charge is 2.29. The molecule has 0 aliphatic rings. The summed E-state index contributed by atoms with van der Waals surface area (Å²) in [5.41, 5.74) is 5.75. The largest absolute Gasteiger partial charge is 0.673 e. The summed E-state index contributed by atoms with van der Waals surface area (Å²) < 4.78 is 52.4. The fourth-order valence-corrected chi connectivity index (χ4v) is 3.01. The van der Waals surface area contributed by atoms with Crippen molar-refractivity contribution in [1.29, 1.82) is 0 Å². The van der Waals surface area contributed by atoms with Crippen LogP contribution in [0.4, 0.5) is 17.3 Å². The number of fused-ring (bicyclic) bond motifs is 1. The fourth-order valence-electron chi connectivity index (χ4n) is 3.01. The Morgan fingerprint density at radius 2 is 1.40 bits per heavy atom. The number of nitrogens with zero attached hydrogens (tertiary/aromatic N) is 1. The van der Waals surface area contributed by atoms with E-state index in [0.717, 1.165) is 22.5 Å². The Morgan fingerprint density at radius 3 is 1.83 bits per heavy atom. The molecule has 3 nitrogen and oxygen atoms in total. The summed E-state index contributed by atoms with van der Waals surface area (Å²) in [4.78, 5) is 0. The summed E-state index contributed by atoms with van der Waals surface area (Å²) in [7, 11) is -4.32. The molecule has 8 heteroatoms. The van der Waals surface area contributed by atoms with Gasteiger partial charge in [0, 0.05) is 23.8 Å². The van der Waals surface area contributed by atoms with Gasteiger partial charge in [0.15, 0.2) is 0 Å². The molecule has 30 heavy (non-hydrogen) atoms. The summed E-state index contributed by atoms with van der Waals surface area (Å²) in [5.74, 6) is 0.850. The van der Waals surface area contributed by atoms with E-state index in [1.165, 1.54) is 11.1 Å². The maximum Gasteiger partial charge on any atom is 0.673 e. The van der Waals surface area contributed by atoms with E-state index in [-0.39, 0.29) is 10.8 Å². The Kier molecular flexibility index (Phi) is 6.59. The van der Waals surface area contributed by atoms with Crippen LogP contribution in [0.1, 0.15) is 52.7 Å². The van der Waals surface area contributed by atoms with Crippen molar-refractivity contribution in [2.24, 2.45) is 0 Å². The van der Waals surface area contributed by atoms with Crippen molar-refractivity contribution in [1.82, 2.24) is 0 Å². The molecule has 0 saturated carbocycles. The smallest absolute Gasteiger partial charge is 0.497 e. The van der Waals surface area contributed by atoms with Gasteiger partial charge in [-0.3, -0.25) is 0 Å². The predicted molar refractivity (Wildman–Crippen MR) is 112 cm³/mol. The van der Waals surface area contributed by atoms with Crippen molar-refractivity contribution in [2.75, 3.05) is 7.11 Å². The Hall–Kier alpha value is -2.51. The Balaban J connectivity index is 0.000000575. The number of rotatable bonds is 2. The zero-order valence-electron chi connectivity index (χ0n) is 18.4. The van der Waals surface area contributed by atoms with Crippen molar-refractivity contribution in [3.63, 3.8) is 0 Å². The zero-order valence-corrected chi connectivity index (χ0v) is 18.4. The molecule has 0 bridgehead atoms. The second-order valence-corrected chi connectivity index (χ2v) is 9.16. The average Bonchev–Trinajstić information content (AvgIpc) is 3.01. The maximum absolute atomic E-state index is 9.75. The molecule has 0 aliphatic carbocycles. The molecule has 2 aromatic carbocycles. The van der Waals surface area contributed by atoms with Gasteiger partial charge in [-0.05, 0) is 28.5 Å². The van der Waals surface area contributed by atoms with Gasteiger partial charge in [-0.15, -0.1) is 4.57 Å². The molecular weight excluding hydrogens is 397 g/mol. The lowest BCUT2D eigenvalue weighted by Crippen LogP contribution is -2.29. The number of ether oxygens (including phenoxy) is 1. The second-order valence-electron chi connectivity index (χ2n) is 9.16. The highest BCUT2D eigenvalue weighted by molar-refractivity contribution is 6.50. The highest BCUT2D eigenvalue weighted by atomic mass is 19.5. The van der Waals surface area contributed by atoms with Gasteiger partial charge in [-0.25, -0.2) is 0 Å². The van der Waals surface area contributed by atoms with Gasteiger partial charge in [-0.2, -0.15) is 0 Å². The van der Waals surface area contributed by atoms with Crippen LogP contribution in [0.5, 0.6) is 5.75 Å². The third-order valence-electron chi connectivity index (χ3n) is 4.63. The maximum atomic E-state index is 9.75. The normalized spacial score (nSPS) is 12.5. The molecule has 0 spiro atoms. The quantitative estimate of drug-likeness (QED) is 0.262. The van der Waals surface area contributed by atoms with Gasteiger partial charge < -0.3 is 26.4 Å². The first-order chi connectivity index (χ1) is 13.6. The van der Waals surface area contributed by atoms with E-state index in [0.29, 0.717) is 0 Å². The summed E-state index contributed by atoms with van der Waals surface area (Å²) >= 11 is 0. The molecule has 0 aliphatic heterocycles. The molecule has 0 amide bonds. The number of benzene rings is 2. The third kappa shape index (κ3) is 6.00. The van der Waals surface area contributed by atoms with Crippen LogP contribution < -0.4 is 9.30 Å². The van der Waals surface area contributed by atoms with Crippen LogP contribution in [-0.2, 0) is 10.8 Å². The SMILES string of the molecule is COc1ccc(-[n+]2coc3c(C(C)(C)C)cc(C(C)(C)C)cc32)cc1.F[B-](F)(F)F. The van der Waals surface area contributed by atoms with Gasteiger partial charge in [0.1, 0.15) is 5.75 Å². The zero-order chi connectivity index (χ0) is 22.9. The minimum Gasteiger partial charge on any atom is -0.497 e. The van der Waals surface area contributed by atoms with Crippen molar-refractivity contribution >= 4 is 18.4 Å². The van der Waals surface area contributed by atoms with Gasteiger partial charge in [-0.1, -0.05) is 47.6 Å². The average molecular weight is 425 g/mol. The Labute approximate surface area is 174 Å². The van der Waals surface area contributed by atoms with Crippen LogP contribution in [0.15, 0.2) is 47.2 Å². The molecular formula is C22H28BF4NO2. The van der Waals surface area contributed by atoms with E-state index in [2.05, 4.69) is 58.2 Å². The van der Waals surface area contributed by atoms with E-state index in [4.69, 9.17) is 9.15 Å². The molecule has 0 saturated heterocycles. The van der Waals surface area contributed by atoms with Crippen molar-refractivity contribution in [3.8, 4) is 11.4 Å². The van der Waals surface area contributed by atoms with Crippen LogP contribution in [0, 0.1) is 0 Å². The standard InChI is InChI=1S/C22H28NO2.BF4/c1-21(2,3)15-12-18(22(4,5)6)20-19(13-15)23(14-25-20)16-8-10-17(24-7)11-9-16;2-1(3,4)5/h8-14H,1-7H3;/q+1;-1. The van der Waals surface area contributed by atoms with Gasteiger partial charge in [0.05, 0.1) is 7.11 Å². The lowest BCUT2D eigenvalue weighted by Gasteiger charge is -2.24. The Morgan fingerprint density at radius 1 is 0.867 bits per heavy atom. The van der Waals surface area contributed by atoms with E-state index in [1.807, 2.05) is 24.3 Å². The minimum atomic E-state index is -6.00. The molecule has 0 N–H and O–H groups in total. The molecule has 0 unspecified atom stereocenters. The number of hydrogen-bond donors (Lipinski definition) is 0. The van der Waals surface area contributed by atoms with Crippen molar-refractivity contribution in [3.05, 3.63) is 53.9 Å². The highest BCUT2D eigenvalue weighted by Crippen LogP contribution is 2.34. The summed E-state index contributed by atoms with van der Waals surface area (Å²) in [6.45, 7) is 13.4. The summed E-state index contributed by atoms with van der Waals surface area (Å²) in [6.07, 6.45) is 1.80. The molecule has 3 aromatic rings. The van der Waals surface area contributed by atoms with E-state index in [1.54, 1.807) is 13.5 Å². The second kappa shape index (κ2) is 8.32. The van der Waals surface area contributed by atoms with Crippen LogP contribution in [0.3, 0.4) is 0 Å². The number of hydrogen-bond acceptors (Lipinski definition) is 2. The van der Waals surface area contributed by atoms with Gasteiger partial charge in [0.25, 0.3) is 5.52 Å². The summed E-state index contributed by atoms with van der Waals surface area (Å²) in [5, 5.41) is 0. The molecule has 3 rings (SSSR count). The number of oxazole rings is 1. The number of aromatic nitrogens is 1.